The van der Waals surface area contributed by atoms with Gasteiger partial charge < -0.3 is 19.2 Å². The fraction of sp³-hybridized carbons (Fsp3) is 0.154. The zero-order valence-electron chi connectivity index (χ0n) is 10.7. The molecule has 1 N–H and O–H groups in total. The molecule has 21 heavy (non-hydrogen) atoms. The molecule has 8 nitrogen and oxygen atoms in total. The zero-order chi connectivity index (χ0) is 14.8. The fourth-order valence-electron chi connectivity index (χ4n) is 1.87. The van der Waals surface area contributed by atoms with Gasteiger partial charge in [0.25, 0.3) is 5.91 Å². The Morgan fingerprint density at radius 3 is 2.81 bits per heavy atom. The summed E-state index contributed by atoms with van der Waals surface area (Å²) in [5.41, 5.74) is 0.814. The number of carbonyl (C=O) groups excluding carboxylic acids is 1. The van der Waals surface area contributed by atoms with E-state index in [2.05, 4.69) is 5.32 Å². The molecule has 108 valence electrons. The molecule has 1 aliphatic heterocycles. The van der Waals surface area contributed by atoms with Crippen molar-refractivity contribution < 1.29 is 23.6 Å². The number of carbonyl (C=O) groups is 1. The number of amides is 1. The molecule has 2 heterocycles. The first-order valence-corrected chi connectivity index (χ1v) is 6.04. The van der Waals surface area contributed by atoms with Gasteiger partial charge in [-0.1, -0.05) is 6.07 Å². The van der Waals surface area contributed by atoms with E-state index in [-0.39, 0.29) is 19.1 Å². The number of hydrogen-bond donors (Lipinski definition) is 1. The third-order valence-corrected chi connectivity index (χ3v) is 2.89. The van der Waals surface area contributed by atoms with Crippen LogP contribution in [0.25, 0.3) is 0 Å². The number of ether oxygens (including phenoxy) is 2. The number of nitro groups is 1. The predicted octanol–water partition coefficient (Wildman–Crippen LogP) is 1.85. The minimum absolute atomic E-state index is 0.109. The molecular weight excluding hydrogens is 280 g/mol. The van der Waals surface area contributed by atoms with E-state index >= 15 is 0 Å². The maximum Gasteiger partial charge on any atom is 0.433 e. The predicted molar refractivity (Wildman–Crippen MR) is 69.1 cm³/mol. The van der Waals surface area contributed by atoms with Gasteiger partial charge in [-0.3, -0.25) is 14.9 Å². The average Bonchev–Trinajstić information content (AvgIpc) is 3.12. The molecule has 1 aromatic carbocycles. The molecule has 1 aromatic heterocycles. The number of rotatable bonds is 4. The van der Waals surface area contributed by atoms with E-state index in [4.69, 9.17) is 13.9 Å². The van der Waals surface area contributed by atoms with Crippen LogP contribution in [0.2, 0.25) is 0 Å². The molecule has 0 saturated carbocycles. The molecule has 0 radical (unpaired) electrons. The van der Waals surface area contributed by atoms with Crippen molar-refractivity contribution in [2.24, 2.45) is 0 Å². The highest BCUT2D eigenvalue weighted by Crippen LogP contribution is 2.32. The summed E-state index contributed by atoms with van der Waals surface area (Å²) in [4.78, 5) is 21.6. The van der Waals surface area contributed by atoms with Gasteiger partial charge in [-0.15, -0.1) is 0 Å². The van der Waals surface area contributed by atoms with Crippen LogP contribution < -0.4 is 14.8 Å². The second kappa shape index (κ2) is 5.16. The summed E-state index contributed by atoms with van der Waals surface area (Å²) in [5.74, 6) is 0.175. The smallest absolute Gasteiger partial charge is 0.433 e. The van der Waals surface area contributed by atoms with Gasteiger partial charge in [0.05, 0.1) is 6.07 Å². The van der Waals surface area contributed by atoms with Crippen LogP contribution in [0.15, 0.2) is 34.7 Å². The summed E-state index contributed by atoms with van der Waals surface area (Å²) in [5, 5.41) is 13.1. The monoisotopic (exact) mass is 290 g/mol. The highest BCUT2D eigenvalue weighted by atomic mass is 16.7. The third kappa shape index (κ3) is 2.64. The summed E-state index contributed by atoms with van der Waals surface area (Å²) in [6, 6.07) is 7.69. The number of nitrogens with one attached hydrogen (secondary N) is 1. The van der Waals surface area contributed by atoms with Crippen molar-refractivity contribution in [3.8, 4) is 11.5 Å². The van der Waals surface area contributed by atoms with E-state index in [0.29, 0.717) is 11.5 Å². The fourth-order valence-corrected chi connectivity index (χ4v) is 1.87. The van der Waals surface area contributed by atoms with Crippen LogP contribution in [-0.2, 0) is 6.54 Å². The van der Waals surface area contributed by atoms with Gasteiger partial charge in [-0.25, -0.2) is 0 Å². The van der Waals surface area contributed by atoms with Crippen LogP contribution in [0.4, 0.5) is 5.88 Å². The van der Waals surface area contributed by atoms with Gasteiger partial charge in [0.1, 0.15) is 4.92 Å². The topological polar surface area (TPSA) is 104 Å². The maximum atomic E-state index is 11.8. The first kappa shape index (κ1) is 13.0. The van der Waals surface area contributed by atoms with Gasteiger partial charge in [0, 0.05) is 6.54 Å². The number of furan rings is 1. The Bertz CT molecular complexity index is 708. The third-order valence-electron chi connectivity index (χ3n) is 2.89. The Kier molecular flexibility index (Phi) is 3.19. The Hall–Kier alpha value is -3.03. The molecule has 1 amide bonds. The van der Waals surface area contributed by atoms with Crippen LogP contribution in [-0.4, -0.2) is 17.6 Å². The van der Waals surface area contributed by atoms with E-state index in [1.54, 1.807) is 18.2 Å². The van der Waals surface area contributed by atoms with Crippen molar-refractivity contribution in [3.63, 3.8) is 0 Å². The summed E-state index contributed by atoms with van der Waals surface area (Å²) < 4.78 is 15.2. The van der Waals surface area contributed by atoms with Gasteiger partial charge >= 0.3 is 5.88 Å². The van der Waals surface area contributed by atoms with Gasteiger partial charge in [-0.2, -0.15) is 0 Å². The number of nitrogens with zero attached hydrogens (tertiary/aromatic N) is 1. The Balaban J connectivity index is 1.64. The molecule has 0 spiro atoms. The normalized spacial score (nSPS) is 12.2. The van der Waals surface area contributed by atoms with E-state index in [1.807, 2.05) is 0 Å². The van der Waals surface area contributed by atoms with E-state index in [0.717, 1.165) is 11.6 Å². The summed E-state index contributed by atoms with van der Waals surface area (Å²) in [6.07, 6.45) is 0. The standard InChI is InChI=1S/C13H10N2O6/c16-13(10-3-4-12(21-10)15(17)18)14-6-8-1-2-9-11(5-8)20-7-19-9/h1-5H,6-7H2,(H,14,16). The quantitative estimate of drug-likeness (QED) is 0.680. The van der Waals surface area contributed by atoms with Gasteiger partial charge in [0.15, 0.2) is 17.3 Å². The highest BCUT2D eigenvalue weighted by molar-refractivity contribution is 5.91. The Morgan fingerprint density at radius 1 is 1.24 bits per heavy atom. The van der Waals surface area contributed by atoms with Crippen molar-refractivity contribution in [2.75, 3.05) is 6.79 Å². The largest absolute Gasteiger partial charge is 0.454 e. The molecule has 0 atom stereocenters. The molecule has 0 saturated heterocycles. The van der Waals surface area contributed by atoms with Crippen LogP contribution in [0.1, 0.15) is 16.1 Å². The van der Waals surface area contributed by atoms with Crippen molar-refractivity contribution in [1.82, 2.24) is 5.32 Å². The number of fused-ring (bicyclic) bond motifs is 1. The van der Waals surface area contributed by atoms with Crippen molar-refractivity contribution in [2.45, 2.75) is 6.54 Å². The number of hydrogen-bond acceptors (Lipinski definition) is 6. The lowest BCUT2D eigenvalue weighted by Crippen LogP contribution is -2.22. The van der Waals surface area contributed by atoms with Gasteiger partial charge in [-0.05, 0) is 23.8 Å². The molecule has 0 bridgehead atoms. The van der Waals surface area contributed by atoms with Crippen LogP contribution in [0.3, 0.4) is 0 Å². The van der Waals surface area contributed by atoms with Gasteiger partial charge in [0.2, 0.25) is 6.79 Å². The SMILES string of the molecule is O=C(NCc1ccc2c(c1)OCO2)c1ccc([N+](=O)[O-])o1. The molecule has 0 fully saturated rings. The summed E-state index contributed by atoms with van der Waals surface area (Å²) >= 11 is 0. The van der Waals surface area contributed by atoms with E-state index < -0.39 is 16.7 Å². The lowest BCUT2D eigenvalue weighted by atomic mass is 10.2. The Labute approximate surface area is 118 Å². The van der Waals surface area contributed by atoms with Crippen molar-refractivity contribution >= 4 is 11.8 Å². The molecule has 8 heteroatoms. The van der Waals surface area contributed by atoms with Crippen molar-refractivity contribution in [3.05, 3.63) is 51.8 Å². The second-order valence-corrected chi connectivity index (χ2v) is 4.27. The Morgan fingerprint density at radius 2 is 2.05 bits per heavy atom. The first-order valence-electron chi connectivity index (χ1n) is 6.04. The van der Waals surface area contributed by atoms with Crippen LogP contribution >= 0.6 is 0 Å². The van der Waals surface area contributed by atoms with E-state index in [1.165, 1.54) is 6.07 Å². The maximum absolute atomic E-state index is 11.8. The molecule has 1 aliphatic rings. The molecule has 0 aliphatic carbocycles. The number of benzene rings is 1. The highest BCUT2D eigenvalue weighted by Gasteiger charge is 2.17. The minimum atomic E-state index is -0.700. The summed E-state index contributed by atoms with van der Waals surface area (Å²) in [7, 11) is 0. The van der Waals surface area contributed by atoms with Crippen LogP contribution in [0, 0.1) is 10.1 Å². The summed E-state index contributed by atoms with van der Waals surface area (Å²) in [6.45, 7) is 0.422. The molecule has 3 rings (SSSR count). The average molecular weight is 290 g/mol. The first-order chi connectivity index (χ1) is 10.1. The second-order valence-electron chi connectivity index (χ2n) is 4.27. The molecule has 2 aromatic rings. The lowest BCUT2D eigenvalue weighted by Gasteiger charge is -2.04. The molecular formula is C13H10N2O6. The lowest BCUT2D eigenvalue weighted by molar-refractivity contribution is -0.402. The van der Waals surface area contributed by atoms with Crippen molar-refractivity contribution in [1.29, 1.82) is 0 Å². The minimum Gasteiger partial charge on any atom is -0.454 e. The zero-order valence-corrected chi connectivity index (χ0v) is 10.7. The molecule has 0 unspecified atom stereocenters. The van der Waals surface area contributed by atoms with E-state index in [9.17, 15) is 14.9 Å². The van der Waals surface area contributed by atoms with Crippen LogP contribution in [0.5, 0.6) is 11.5 Å².